The van der Waals surface area contributed by atoms with Crippen molar-refractivity contribution in [3.8, 4) is 11.1 Å². The monoisotopic (exact) mass is 258 g/mol. The van der Waals surface area contributed by atoms with Crippen LogP contribution in [-0.2, 0) is 6.18 Å². The Balaban J connectivity index is 0.000000134. The van der Waals surface area contributed by atoms with Crippen molar-refractivity contribution in [2.24, 2.45) is 0 Å². The molecule has 0 amide bonds. The van der Waals surface area contributed by atoms with E-state index in [0.29, 0.717) is 0 Å². The van der Waals surface area contributed by atoms with Crippen LogP contribution in [0, 0.1) is 0 Å². The van der Waals surface area contributed by atoms with Gasteiger partial charge in [0.2, 0.25) is 0 Å². The molecule has 0 atom stereocenters. The van der Waals surface area contributed by atoms with Gasteiger partial charge in [-0.2, -0.15) is 13.2 Å². The standard InChI is InChI=1S/C6H3Cl.C5H3F3N2/c7-6-3-4-1-2-5(4)6;6-5(7,8)4-1-2-9-3-10-4/h1-3H;1-3H. The molecule has 2 nitrogen and oxygen atoms in total. The zero-order chi connectivity index (χ0) is 12.5. The molecule has 0 saturated carbocycles. The van der Waals surface area contributed by atoms with E-state index in [1.165, 1.54) is 11.1 Å². The van der Waals surface area contributed by atoms with Crippen LogP contribution in [0.2, 0.25) is 5.02 Å². The summed E-state index contributed by atoms with van der Waals surface area (Å²) in [6.07, 6.45) is -2.44. The highest BCUT2D eigenvalue weighted by Crippen LogP contribution is 2.39. The van der Waals surface area contributed by atoms with Gasteiger partial charge in [-0.25, -0.2) is 9.97 Å². The lowest BCUT2D eigenvalue weighted by Gasteiger charge is -2.15. The third kappa shape index (κ3) is 2.55. The topological polar surface area (TPSA) is 25.8 Å². The maximum Gasteiger partial charge on any atom is 0.433 e. The van der Waals surface area contributed by atoms with Gasteiger partial charge in [-0.15, -0.1) is 0 Å². The molecule has 0 N–H and O–H groups in total. The van der Waals surface area contributed by atoms with Gasteiger partial charge in [0.25, 0.3) is 0 Å². The molecule has 0 bridgehead atoms. The minimum absolute atomic E-state index is 0.819. The molecule has 6 heteroatoms. The number of benzene rings is 1. The van der Waals surface area contributed by atoms with Gasteiger partial charge in [0, 0.05) is 16.8 Å². The number of alkyl halides is 3. The average molecular weight is 259 g/mol. The van der Waals surface area contributed by atoms with Gasteiger partial charge in [0.1, 0.15) is 12.0 Å². The minimum atomic E-state index is -4.36. The van der Waals surface area contributed by atoms with E-state index in [2.05, 4.69) is 16.0 Å². The van der Waals surface area contributed by atoms with Gasteiger partial charge in [-0.05, 0) is 17.7 Å². The fourth-order valence-corrected chi connectivity index (χ4v) is 1.49. The average Bonchev–Trinajstić information content (AvgIpc) is 2.26. The van der Waals surface area contributed by atoms with E-state index in [4.69, 9.17) is 11.6 Å². The SMILES string of the molecule is Clc1cc2ccc1-2.FC(F)(F)c1ccncn1. The second kappa shape index (κ2) is 4.33. The Morgan fingerprint density at radius 3 is 2.06 bits per heavy atom. The summed E-state index contributed by atoms with van der Waals surface area (Å²) in [6, 6.07) is 6.87. The second-order valence-electron chi connectivity index (χ2n) is 3.29. The van der Waals surface area contributed by atoms with Crippen molar-refractivity contribution in [1.29, 1.82) is 0 Å². The van der Waals surface area contributed by atoms with E-state index >= 15 is 0 Å². The lowest BCUT2D eigenvalue weighted by Crippen LogP contribution is -2.07. The molecule has 0 aliphatic heterocycles. The smallest absolute Gasteiger partial charge is 0.245 e. The molecule has 88 valence electrons. The van der Waals surface area contributed by atoms with Gasteiger partial charge in [-0.1, -0.05) is 23.7 Å². The van der Waals surface area contributed by atoms with Crippen LogP contribution in [0.25, 0.3) is 11.1 Å². The fourth-order valence-electron chi connectivity index (χ4n) is 1.20. The Hall–Kier alpha value is -1.62. The Labute approximate surface area is 100 Å². The highest BCUT2D eigenvalue weighted by Gasteiger charge is 2.31. The molecule has 2 aliphatic rings. The number of aromatic nitrogens is 2. The summed E-state index contributed by atoms with van der Waals surface area (Å²) >= 11 is 5.60. The molecule has 0 spiro atoms. The van der Waals surface area contributed by atoms with E-state index in [-0.39, 0.29) is 0 Å². The summed E-state index contributed by atoms with van der Waals surface area (Å²) in [5.41, 5.74) is 1.63. The molecule has 0 fully saturated rings. The lowest BCUT2D eigenvalue weighted by atomic mass is 9.94. The van der Waals surface area contributed by atoms with Gasteiger partial charge in [-0.3, -0.25) is 0 Å². The van der Waals surface area contributed by atoms with Crippen LogP contribution in [0.15, 0.2) is 36.8 Å². The van der Waals surface area contributed by atoms with Gasteiger partial charge in [0.15, 0.2) is 0 Å². The molecule has 0 aromatic carbocycles. The van der Waals surface area contributed by atoms with Crippen molar-refractivity contribution in [3.05, 3.63) is 47.5 Å². The predicted octanol–water partition coefficient (Wildman–Crippen LogP) is 3.82. The molecular formula is C11H6ClF3N2. The van der Waals surface area contributed by atoms with E-state index in [1.807, 2.05) is 12.1 Å². The van der Waals surface area contributed by atoms with E-state index < -0.39 is 11.9 Å². The number of fused-ring (bicyclic) bond motifs is 1. The summed E-state index contributed by atoms with van der Waals surface area (Å²) < 4.78 is 35.1. The third-order valence-corrected chi connectivity index (χ3v) is 2.47. The minimum Gasteiger partial charge on any atom is -0.245 e. The van der Waals surface area contributed by atoms with Crippen molar-refractivity contribution < 1.29 is 13.2 Å². The van der Waals surface area contributed by atoms with Crippen LogP contribution in [-0.4, -0.2) is 9.97 Å². The zero-order valence-electron chi connectivity index (χ0n) is 8.37. The maximum atomic E-state index is 11.7. The maximum absolute atomic E-state index is 11.7. The Morgan fingerprint density at radius 2 is 1.88 bits per heavy atom. The first-order chi connectivity index (χ1) is 7.98. The highest BCUT2D eigenvalue weighted by molar-refractivity contribution is 6.35. The van der Waals surface area contributed by atoms with E-state index in [9.17, 15) is 13.2 Å². The summed E-state index contributed by atoms with van der Waals surface area (Å²) in [5, 5.41) is 0.914. The molecule has 0 saturated heterocycles. The molecule has 2 aliphatic carbocycles. The number of rotatable bonds is 0. The first-order valence-corrected chi connectivity index (χ1v) is 4.99. The van der Waals surface area contributed by atoms with Crippen molar-refractivity contribution in [1.82, 2.24) is 9.97 Å². The van der Waals surface area contributed by atoms with Crippen molar-refractivity contribution in [2.45, 2.75) is 6.18 Å². The molecular weight excluding hydrogens is 253 g/mol. The van der Waals surface area contributed by atoms with Gasteiger partial charge in [0.05, 0.1) is 0 Å². The Bertz CT molecular complexity index is 526. The molecule has 1 heterocycles. The third-order valence-electron chi connectivity index (χ3n) is 2.15. The van der Waals surface area contributed by atoms with Crippen molar-refractivity contribution in [2.75, 3.05) is 0 Å². The van der Waals surface area contributed by atoms with Crippen LogP contribution < -0.4 is 0 Å². The Kier molecular flexibility index (Phi) is 3.02. The van der Waals surface area contributed by atoms with Crippen LogP contribution in [0.4, 0.5) is 13.2 Å². The molecule has 1 aromatic heterocycles. The summed E-state index contributed by atoms with van der Waals surface area (Å²) in [4.78, 5) is 6.36. The molecule has 1 aromatic rings. The van der Waals surface area contributed by atoms with Crippen molar-refractivity contribution >= 4 is 11.6 Å². The zero-order valence-corrected chi connectivity index (χ0v) is 9.13. The van der Waals surface area contributed by atoms with Crippen LogP contribution >= 0.6 is 11.6 Å². The van der Waals surface area contributed by atoms with Crippen LogP contribution in [0.5, 0.6) is 0 Å². The number of hydrogen-bond acceptors (Lipinski definition) is 2. The quantitative estimate of drug-likeness (QED) is 0.613. The number of hydrogen-bond donors (Lipinski definition) is 0. The van der Waals surface area contributed by atoms with Gasteiger partial charge < -0.3 is 0 Å². The summed E-state index contributed by atoms with van der Waals surface area (Å²) in [5.74, 6) is 0. The fraction of sp³-hybridized carbons (Fsp3) is 0.0909. The number of halogens is 4. The van der Waals surface area contributed by atoms with Crippen LogP contribution in [0.1, 0.15) is 5.69 Å². The van der Waals surface area contributed by atoms with Crippen LogP contribution in [0.3, 0.4) is 0 Å². The molecule has 17 heavy (non-hydrogen) atoms. The predicted molar refractivity (Wildman–Crippen MR) is 57.5 cm³/mol. The highest BCUT2D eigenvalue weighted by atomic mass is 35.5. The summed E-state index contributed by atoms with van der Waals surface area (Å²) in [7, 11) is 0. The second-order valence-corrected chi connectivity index (χ2v) is 3.69. The molecule has 0 unspecified atom stereocenters. The Morgan fingerprint density at radius 1 is 1.12 bits per heavy atom. The first kappa shape index (κ1) is 11.9. The first-order valence-electron chi connectivity index (χ1n) is 4.61. The molecule has 3 rings (SSSR count). The van der Waals surface area contributed by atoms with Gasteiger partial charge >= 0.3 is 6.18 Å². The lowest BCUT2D eigenvalue weighted by molar-refractivity contribution is -0.141. The summed E-state index contributed by atoms with van der Waals surface area (Å²) in [6.45, 7) is 0. The largest absolute Gasteiger partial charge is 0.433 e. The normalized spacial score (nSPS) is 11.5. The van der Waals surface area contributed by atoms with E-state index in [0.717, 1.165) is 23.6 Å². The van der Waals surface area contributed by atoms with Crippen molar-refractivity contribution in [3.63, 3.8) is 0 Å². The number of nitrogens with zero attached hydrogens (tertiary/aromatic N) is 2. The van der Waals surface area contributed by atoms with E-state index in [1.54, 1.807) is 0 Å². The molecule has 0 radical (unpaired) electrons.